The molecule has 1 fully saturated rings. The molecule has 0 unspecified atom stereocenters. The number of amides is 1. The molecule has 0 aromatic heterocycles. The molecule has 0 saturated heterocycles. The average molecular weight is 267 g/mol. The van der Waals surface area contributed by atoms with Gasteiger partial charge in [0.05, 0.1) is 4.92 Å². The molecule has 102 valence electrons. The van der Waals surface area contributed by atoms with Gasteiger partial charge in [-0.1, -0.05) is 12.1 Å². The van der Waals surface area contributed by atoms with Crippen LogP contribution in [0.3, 0.4) is 0 Å². The van der Waals surface area contributed by atoms with E-state index in [-0.39, 0.29) is 24.9 Å². The second kappa shape index (κ2) is 4.93. The standard InChI is InChI=1S/C12H14FN3O3/c13-9-5-12(6-9,7-11(17)15-14)8-2-1-3-10(4-8)16(18)19/h1-4,9H,5-7,14H2,(H,15,17). The lowest BCUT2D eigenvalue weighted by atomic mass is 9.61. The Bertz CT molecular complexity index is 515. The molecule has 1 aliphatic carbocycles. The van der Waals surface area contributed by atoms with Crippen LogP contribution in [0.5, 0.6) is 0 Å². The van der Waals surface area contributed by atoms with Gasteiger partial charge in [-0.25, -0.2) is 10.2 Å². The van der Waals surface area contributed by atoms with Crippen LogP contribution in [0.15, 0.2) is 24.3 Å². The minimum atomic E-state index is -0.982. The molecule has 1 aromatic carbocycles. The molecule has 1 aromatic rings. The van der Waals surface area contributed by atoms with Gasteiger partial charge in [-0.3, -0.25) is 20.3 Å². The van der Waals surface area contributed by atoms with Gasteiger partial charge in [0, 0.05) is 24.0 Å². The average Bonchev–Trinajstić information content (AvgIpc) is 2.36. The number of hydrogen-bond donors (Lipinski definition) is 2. The number of nitro benzene ring substituents is 1. The fourth-order valence-electron chi connectivity index (χ4n) is 2.58. The SMILES string of the molecule is NNC(=O)CC1(c2cccc([N+](=O)[O-])c2)CC(F)C1. The van der Waals surface area contributed by atoms with E-state index in [2.05, 4.69) is 0 Å². The summed E-state index contributed by atoms with van der Waals surface area (Å²) >= 11 is 0. The fourth-order valence-corrected chi connectivity index (χ4v) is 2.58. The molecule has 7 heteroatoms. The summed E-state index contributed by atoms with van der Waals surface area (Å²) in [5.74, 6) is 4.64. The fraction of sp³-hybridized carbons (Fsp3) is 0.417. The van der Waals surface area contributed by atoms with Crippen LogP contribution in [0.1, 0.15) is 24.8 Å². The zero-order valence-electron chi connectivity index (χ0n) is 10.1. The molecule has 6 nitrogen and oxygen atoms in total. The summed E-state index contributed by atoms with van der Waals surface area (Å²) in [6.07, 6.45) is -0.585. The first-order valence-corrected chi connectivity index (χ1v) is 5.85. The number of hydrazine groups is 1. The minimum absolute atomic E-state index is 0.0328. The van der Waals surface area contributed by atoms with Crippen LogP contribution in [0.2, 0.25) is 0 Å². The van der Waals surface area contributed by atoms with E-state index in [0.717, 1.165) is 0 Å². The lowest BCUT2D eigenvalue weighted by Gasteiger charge is -2.44. The van der Waals surface area contributed by atoms with Gasteiger partial charge >= 0.3 is 0 Å². The van der Waals surface area contributed by atoms with E-state index in [1.54, 1.807) is 12.1 Å². The van der Waals surface area contributed by atoms with Gasteiger partial charge < -0.3 is 0 Å². The van der Waals surface area contributed by atoms with Crippen molar-refractivity contribution in [3.63, 3.8) is 0 Å². The second-order valence-corrected chi connectivity index (χ2v) is 4.84. The number of nitrogens with one attached hydrogen (secondary N) is 1. The molecule has 3 N–H and O–H groups in total. The quantitative estimate of drug-likeness (QED) is 0.372. The van der Waals surface area contributed by atoms with Gasteiger partial charge in [-0.2, -0.15) is 0 Å². The first-order chi connectivity index (χ1) is 8.97. The Labute approximate surface area is 108 Å². The number of alkyl halides is 1. The van der Waals surface area contributed by atoms with E-state index < -0.39 is 22.4 Å². The molecule has 0 aliphatic heterocycles. The molecule has 19 heavy (non-hydrogen) atoms. The smallest absolute Gasteiger partial charge is 0.269 e. The third-order valence-electron chi connectivity index (χ3n) is 3.55. The van der Waals surface area contributed by atoms with Crippen LogP contribution < -0.4 is 11.3 Å². The number of rotatable bonds is 4. The molecule has 2 rings (SSSR count). The van der Waals surface area contributed by atoms with Crippen LogP contribution in [0.25, 0.3) is 0 Å². The van der Waals surface area contributed by atoms with Crippen molar-refractivity contribution in [3.05, 3.63) is 39.9 Å². The number of nitrogens with zero attached hydrogens (tertiary/aromatic N) is 1. The first-order valence-electron chi connectivity index (χ1n) is 5.85. The van der Waals surface area contributed by atoms with Crippen molar-refractivity contribution >= 4 is 11.6 Å². The summed E-state index contributed by atoms with van der Waals surface area (Å²) in [6.45, 7) is 0. The van der Waals surface area contributed by atoms with Gasteiger partial charge in [-0.15, -0.1) is 0 Å². The number of hydrogen-bond acceptors (Lipinski definition) is 4. The van der Waals surface area contributed by atoms with Gasteiger partial charge in [0.1, 0.15) is 6.17 Å². The highest BCUT2D eigenvalue weighted by Crippen LogP contribution is 2.48. The molecule has 0 radical (unpaired) electrons. The van der Waals surface area contributed by atoms with Gasteiger partial charge in [-0.05, 0) is 18.4 Å². The largest absolute Gasteiger partial charge is 0.294 e. The molecule has 1 amide bonds. The normalized spacial score (nSPS) is 25.5. The third-order valence-corrected chi connectivity index (χ3v) is 3.55. The van der Waals surface area contributed by atoms with Crippen LogP contribution in [0, 0.1) is 10.1 Å². The van der Waals surface area contributed by atoms with Gasteiger partial charge in [0.2, 0.25) is 5.91 Å². The molecule has 0 spiro atoms. The Kier molecular flexibility index (Phi) is 3.48. The highest BCUT2D eigenvalue weighted by atomic mass is 19.1. The number of benzene rings is 1. The Morgan fingerprint density at radius 1 is 1.58 bits per heavy atom. The van der Waals surface area contributed by atoms with Gasteiger partial charge in [0.25, 0.3) is 5.69 Å². The maximum Gasteiger partial charge on any atom is 0.269 e. The Morgan fingerprint density at radius 2 is 2.26 bits per heavy atom. The Morgan fingerprint density at radius 3 is 2.79 bits per heavy atom. The van der Waals surface area contributed by atoms with E-state index in [1.165, 1.54) is 12.1 Å². The van der Waals surface area contributed by atoms with Crippen molar-refractivity contribution < 1.29 is 14.1 Å². The monoisotopic (exact) mass is 267 g/mol. The van der Waals surface area contributed by atoms with Crippen molar-refractivity contribution in [2.75, 3.05) is 0 Å². The van der Waals surface area contributed by atoms with E-state index >= 15 is 0 Å². The van der Waals surface area contributed by atoms with Crippen LogP contribution in [0.4, 0.5) is 10.1 Å². The van der Waals surface area contributed by atoms with Crippen LogP contribution in [-0.4, -0.2) is 17.0 Å². The molecule has 0 bridgehead atoms. The Balaban J connectivity index is 2.31. The Hall–Kier alpha value is -2.02. The van der Waals surface area contributed by atoms with E-state index in [0.29, 0.717) is 5.56 Å². The van der Waals surface area contributed by atoms with E-state index in [9.17, 15) is 19.3 Å². The number of non-ortho nitro benzene ring substituents is 1. The van der Waals surface area contributed by atoms with Crippen LogP contribution in [-0.2, 0) is 10.2 Å². The zero-order valence-corrected chi connectivity index (χ0v) is 10.1. The van der Waals surface area contributed by atoms with Crippen molar-refractivity contribution in [2.24, 2.45) is 5.84 Å². The predicted octanol–water partition coefficient (Wildman–Crippen LogP) is 1.34. The lowest BCUT2D eigenvalue weighted by Crippen LogP contribution is -2.47. The number of nitrogens with two attached hydrogens (primary N) is 1. The summed E-state index contributed by atoms with van der Waals surface area (Å²) in [5.41, 5.74) is 1.88. The molecule has 1 aliphatic rings. The van der Waals surface area contributed by atoms with E-state index in [4.69, 9.17) is 5.84 Å². The summed E-state index contributed by atoms with van der Waals surface area (Å²) < 4.78 is 13.2. The highest BCUT2D eigenvalue weighted by molar-refractivity contribution is 5.77. The van der Waals surface area contributed by atoms with Crippen molar-refractivity contribution in [1.82, 2.24) is 5.43 Å². The lowest BCUT2D eigenvalue weighted by molar-refractivity contribution is -0.385. The topological polar surface area (TPSA) is 98.3 Å². The highest BCUT2D eigenvalue weighted by Gasteiger charge is 2.47. The van der Waals surface area contributed by atoms with Crippen molar-refractivity contribution in [1.29, 1.82) is 0 Å². The number of carbonyl (C=O) groups excluding carboxylic acids is 1. The van der Waals surface area contributed by atoms with Crippen molar-refractivity contribution in [3.8, 4) is 0 Å². The number of carbonyl (C=O) groups is 1. The molecule has 1 saturated carbocycles. The molecular formula is C12H14FN3O3. The maximum absolute atomic E-state index is 13.2. The summed E-state index contributed by atoms with van der Waals surface area (Å²) in [7, 11) is 0. The van der Waals surface area contributed by atoms with E-state index in [1.807, 2.05) is 5.43 Å². The predicted molar refractivity (Wildman–Crippen MR) is 65.9 cm³/mol. The molecular weight excluding hydrogens is 253 g/mol. The minimum Gasteiger partial charge on any atom is -0.294 e. The number of halogens is 1. The molecule has 0 atom stereocenters. The molecule has 0 heterocycles. The summed E-state index contributed by atoms with van der Waals surface area (Å²) in [5, 5.41) is 10.8. The number of nitro groups is 1. The summed E-state index contributed by atoms with van der Waals surface area (Å²) in [6, 6.07) is 5.99. The second-order valence-electron chi connectivity index (χ2n) is 4.84. The maximum atomic E-state index is 13.2. The van der Waals surface area contributed by atoms with Crippen molar-refractivity contribution in [2.45, 2.75) is 30.8 Å². The van der Waals surface area contributed by atoms with Crippen LogP contribution >= 0.6 is 0 Å². The van der Waals surface area contributed by atoms with Gasteiger partial charge in [0.15, 0.2) is 0 Å². The first kappa shape index (κ1) is 13.4. The third kappa shape index (κ3) is 2.55. The zero-order chi connectivity index (χ0) is 14.0. The summed E-state index contributed by atoms with van der Waals surface area (Å²) in [4.78, 5) is 21.7.